The summed E-state index contributed by atoms with van der Waals surface area (Å²) in [5.74, 6) is -0.0833. The first-order valence-corrected chi connectivity index (χ1v) is 7.26. The second kappa shape index (κ2) is 6.89. The van der Waals surface area contributed by atoms with Gasteiger partial charge in [-0.15, -0.1) is 11.8 Å². The molecule has 98 valence electrons. The Morgan fingerprint density at radius 2 is 2.18 bits per heavy atom. The Bertz CT molecular complexity index is 277. The Balaban J connectivity index is 2.53. The topological polar surface area (TPSA) is 66.4 Å². The zero-order valence-electron chi connectivity index (χ0n) is 10.4. The molecule has 5 heteroatoms. The zero-order chi connectivity index (χ0) is 12.8. The van der Waals surface area contributed by atoms with Gasteiger partial charge < -0.3 is 10.4 Å². The van der Waals surface area contributed by atoms with Gasteiger partial charge in [-0.3, -0.25) is 4.79 Å². The van der Waals surface area contributed by atoms with Crippen LogP contribution in [0, 0.1) is 5.92 Å². The third kappa shape index (κ3) is 4.22. The van der Waals surface area contributed by atoms with E-state index in [-0.39, 0.29) is 17.1 Å². The lowest BCUT2D eigenvalue weighted by atomic mass is 9.99. The second-order valence-corrected chi connectivity index (χ2v) is 5.88. The zero-order valence-corrected chi connectivity index (χ0v) is 11.3. The van der Waals surface area contributed by atoms with Crippen molar-refractivity contribution in [1.29, 1.82) is 0 Å². The molecule has 1 rings (SSSR count). The fourth-order valence-electron chi connectivity index (χ4n) is 1.88. The van der Waals surface area contributed by atoms with Gasteiger partial charge in [-0.1, -0.05) is 26.7 Å². The summed E-state index contributed by atoms with van der Waals surface area (Å²) in [7, 11) is 0. The molecule has 0 aromatic heterocycles. The average molecular weight is 259 g/mol. The van der Waals surface area contributed by atoms with E-state index in [2.05, 4.69) is 5.32 Å². The minimum Gasteiger partial charge on any atom is -0.480 e. The summed E-state index contributed by atoms with van der Waals surface area (Å²) in [5, 5.41) is 11.7. The molecular weight excluding hydrogens is 238 g/mol. The number of nitrogens with one attached hydrogen (secondary N) is 1. The highest BCUT2D eigenvalue weighted by Crippen LogP contribution is 2.25. The van der Waals surface area contributed by atoms with Gasteiger partial charge in [0.1, 0.15) is 6.04 Å². The first-order valence-electron chi connectivity index (χ1n) is 6.21. The lowest BCUT2D eigenvalue weighted by molar-refractivity contribution is -0.143. The van der Waals surface area contributed by atoms with Crippen molar-refractivity contribution < 1.29 is 14.7 Å². The van der Waals surface area contributed by atoms with Crippen LogP contribution in [0.4, 0.5) is 0 Å². The van der Waals surface area contributed by atoms with Crippen LogP contribution in [0.5, 0.6) is 0 Å². The van der Waals surface area contributed by atoms with Gasteiger partial charge >= 0.3 is 5.97 Å². The molecule has 1 amide bonds. The Hall–Kier alpha value is -0.710. The van der Waals surface area contributed by atoms with Gasteiger partial charge in [-0.25, -0.2) is 4.79 Å². The summed E-state index contributed by atoms with van der Waals surface area (Å²) in [4.78, 5) is 23.0. The van der Waals surface area contributed by atoms with E-state index in [1.807, 2.05) is 13.8 Å². The predicted molar refractivity (Wildman–Crippen MR) is 69.1 cm³/mol. The number of amides is 1. The van der Waals surface area contributed by atoms with Crippen molar-refractivity contribution >= 4 is 23.6 Å². The molecule has 1 unspecified atom stereocenters. The number of hydrogen-bond donors (Lipinski definition) is 2. The monoisotopic (exact) mass is 259 g/mol. The fraction of sp³-hybridized carbons (Fsp3) is 0.833. The molecule has 1 fully saturated rings. The Labute approximate surface area is 107 Å². The molecule has 0 aromatic carbocycles. The molecule has 0 bridgehead atoms. The van der Waals surface area contributed by atoms with E-state index >= 15 is 0 Å². The molecule has 1 aliphatic heterocycles. The molecule has 17 heavy (non-hydrogen) atoms. The molecular formula is C12H21NO3S. The largest absolute Gasteiger partial charge is 0.480 e. The van der Waals surface area contributed by atoms with Crippen LogP contribution < -0.4 is 5.32 Å². The van der Waals surface area contributed by atoms with Gasteiger partial charge in [0, 0.05) is 0 Å². The molecule has 0 aliphatic carbocycles. The summed E-state index contributed by atoms with van der Waals surface area (Å²) < 4.78 is 0. The van der Waals surface area contributed by atoms with Crippen LogP contribution in [-0.4, -0.2) is 34.0 Å². The maximum atomic E-state index is 11.9. The summed E-state index contributed by atoms with van der Waals surface area (Å²) in [5.41, 5.74) is 0. The van der Waals surface area contributed by atoms with Gasteiger partial charge in [0.2, 0.25) is 5.91 Å². The van der Waals surface area contributed by atoms with Crippen molar-refractivity contribution in [3.05, 3.63) is 0 Å². The van der Waals surface area contributed by atoms with E-state index in [0.29, 0.717) is 0 Å². The SMILES string of the molecule is CC[C@H](C)[C@H](NC(=O)C1CCCCS1)C(=O)O. The van der Waals surface area contributed by atoms with Gasteiger partial charge in [0.25, 0.3) is 0 Å². The molecule has 0 aromatic rings. The number of hydrogen-bond acceptors (Lipinski definition) is 3. The number of aliphatic carboxylic acids is 1. The first-order chi connectivity index (χ1) is 8.06. The minimum absolute atomic E-state index is 0.0370. The van der Waals surface area contributed by atoms with E-state index < -0.39 is 12.0 Å². The van der Waals surface area contributed by atoms with Crippen molar-refractivity contribution in [3.8, 4) is 0 Å². The third-order valence-corrected chi connectivity index (χ3v) is 4.63. The maximum absolute atomic E-state index is 11.9. The number of carboxylic acids is 1. The lowest BCUT2D eigenvalue weighted by Crippen LogP contribution is -2.48. The van der Waals surface area contributed by atoms with E-state index in [9.17, 15) is 9.59 Å². The summed E-state index contributed by atoms with van der Waals surface area (Å²) in [6, 6.07) is -0.755. The quantitative estimate of drug-likeness (QED) is 0.791. The van der Waals surface area contributed by atoms with Crippen molar-refractivity contribution in [1.82, 2.24) is 5.32 Å². The minimum atomic E-state index is -0.937. The van der Waals surface area contributed by atoms with Crippen LogP contribution in [0.3, 0.4) is 0 Å². The van der Waals surface area contributed by atoms with Crippen molar-refractivity contribution in [2.45, 2.75) is 50.8 Å². The van der Waals surface area contributed by atoms with Gasteiger partial charge in [-0.2, -0.15) is 0 Å². The number of carbonyl (C=O) groups is 2. The number of rotatable bonds is 5. The van der Waals surface area contributed by atoms with Gasteiger partial charge in [0.15, 0.2) is 0 Å². The second-order valence-electron chi connectivity index (χ2n) is 4.57. The highest BCUT2D eigenvalue weighted by atomic mass is 32.2. The van der Waals surface area contributed by atoms with Gasteiger partial charge in [-0.05, 0) is 24.5 Å². The van der Waals surface area contributed by atoms with E-state index in [1.54, 1.807) is 11.8 Å². The maximum Gasteiger partial charge on any atom is 0.326 e. The standard InChI is InChI=1S/C12H21NO3S/c1-3-8(2)10(12(15)16)13-11(14)9-6-4-5-7-17-9/h8-10H,3-7H2,1-2H3,(H,13,14)(H,15,16)/t8-,9?,10-/m0/s1. The molecule has 1 aliphatic rings. The Kier molecular flexibility index (Phi) is 5.82. The average Bonchev–Trinajstić information content (AvgIpc) is 2.35. The molecule has 2 N–H and O–H groups in total. The highest BCUT2D eigenvalue weighted by molar-refractivity contribution is 8.00. The summed E-state index contributed by atoms with van der Waals surface area (Å²) in [6.07, 6.45) is 3.83. The van der Waals surface area contributed by atoms with E-state index in [4.69, 9.17) is 5.11 Å². The van der Waals surface area contributed by atoms with Crippen molar-refractivity contribution in [2.75, 3.05) is 5.75 Å². The van der Waals surface area contributed by atoms with E-state index in [1.165, 1.54) is 0 Å². The lowest BCUT2D eigenvalue weighted by Gasteiger charge is -2.25. The number of carboxylic acid groups (broad SMARTS) is 1. The van der Waals surface area contributed by atoms with Gasteiger partial charge in [0.05, 0.1) is 5.25 Å². The van der Waals surface area contributed by atoms with Crippen molar-refractivity contribution in [2.24, 2.45) is 5.92 Å². The highest BCUT2D eigenvalue weighted by Gasteiger charge is 2.29. The summed E-state index contributed by atoms with van der Waals surface area (Å²) >= 11 is 1.64. The number of thioether (sulfide) groups is 1. The molecule has 1 heterocycles. The van der Waals surface area contributed by atoms with Crippen LogP contribution in [0.2, 0.25) is 0 Å². The molecule has 0 radical (unpaired) electrons. The number of carbonyl (C=O) groups excluding carboxylic acids is 1. The predicted octanol–water partition coefficient (Wildman–Crippen LogP) is 1.89. The van der Waals surface area contributed by atoms with Crippen LogP contribution >= 0.6 is 11.8 Å². The van der Waals surface area contributed by atoms with Crippen LogP contribution in [0.1, 0.15) is 39.5 Å². The Morgan fingerprint density at radius 1 is 1.47 bits per heavy atom. The normalized spacial score (nSPS) is 23.8. The molecule has 0 saturated carbocycles. The molecule has 3 atom stereocenters. The van der Waals surface area contributed by atoms with E-state index in [0.717, 1.165) is 31.4 Å². The molecule has 4 nitrogen and oxygen atoms in total. The first kappa shape index (κ1) is 14.4. The smallest absolute Gasteiger partial charge is 0.326 e. The summed E-state index contributed by atoms with van der Waals surface area (Å²) in [6.45, 7) is 3.79. The van der Waals surface area contributed by atoms with Crippen LogP contribution in [-0.2, 0) is 9.59 Å². The molecule has 0 spiro atoms. The van der Waals surface area contributed by atoms with Crippen LogP contribution in [0.15, 0.2) is 0 Å². The Morgan fingerprint density at radius 3 is 2.65 bits per heavy atom. The fourth-order valence-corrected chi connectivity index (χ4v) is 3.08. The van der Waals surface area contributed by atoms with Crippen molar-refractivity contribution in [3.63, 3.8) is 0 Å². The van der Waals surface area contributed by atoms with Crippen LogP contribution in [0.25, 0.3) is 0 Å². The third-order valence-electron chi connectivity index (χ3n) is 3.25. The molecule has 1 saturated heterocycles.